The van der Waals surface area contributed by atoms with E-state index in [1.165, 1.54) is 0 Å². The molecule has 1 N–H and O–H groups in total. The first-order valence-electron chi connectivity index (χ1n) is 11.0. The summed E-state index contributed by atoms with van der Waals surface area (Å²) in [5, 5.41) is 14.8. The molecular weight excluding hydrogens is 402 g/mol. The molecule has 3 aromatic rings. The van der Waals surface area contributed by atoms with Crippen LogP contribution in [0.3, 0.4) is 0 Å². The lowest BCUT2D eigenvalue weighted by atomic mass is 10.0. The Hall–Kier alpha value is -3.48. The Morgan fingerprint density at radius 3 is 2.47 bits per heavy atom. The molecule has 6 nitrogen and oxygen atoms in total. The van der Waals surface area contributed by atoms with Crippen LogP contribution < -0.4 is 10.1 Å². The fourth-order valence-corrected chi connectivity index (χ4v) is 4.46. The lowest BCUT2D eigenvalue weighted by molar-refractivity contribution is -0.384. The van der Waals surface area contributed by atoms with Gasteiger partial charge in [0.2, 0.25) is 0 Å². The summed E-state index contributed by atoms with van der Waals surface area (Å²) in [5.74, 6) is 0.825. The number of piperazine rings is 1. The van der Waals surface area contributed by atoms with Crippen molar-refractivity contribution in [3.05, 3.63) is 93.5 Å². The minimum Gasteiger partial charge on any atom is -0.492 e. The molecule has 0 saturated carbocycles. The molecule has 0 amide bonds. The lowest BCUT2D eigenvalue weighted by Gasteiger charge is -2.27. The SMILES string of the molecule is O=[N+]([O-])c1ccc2c(c1)C(=Cc1ccccc1OCCN1CCNCC1)c1ccccc1-2. The molecule has 3 aromatic carbocycles. The Kier molecular flexibility index (Phi) is 5.71. The number of non-ortho nitro benzene ring substituents is 1. The third-order valence-corrected chi connectivity index (χ3v) is 6.11. The molecule has 0 aromatic heterocycles. The number of nitrogens with one attached hydrogen (secondary N) is 1. The molecule has 0 unspecified atom stereocenters. The average molecular weight is 428 g/mol. The number of ether oxygens (including phenoxy) is 1. The largest absolute Gasteiger partial charge is 0.492 e. The van der Waals surface area contributed by atoms with Gasteiger partial charge in [0, 0.05) is 50.4 Å². The zero-order valence-electron chi connectivity index (χ0n) is 17.8. The second-order valence-corrected chi connectivity index (χ2v) is 8.07. The normalized spacial score (nSPS) is 16.6. The molecule has 0 bridgehead atoms. The van der Waals surface area contributed by atoms with E-state index < -0.39 is 0 Å². The van der Waals surface area contributed by atoms with Gasteiger partial charge in [-0.05, 0) is 46.0 Å². The number of fused-ring (bicyclic) bond motifs is 3. The van der Waals surface area contributed by atoms with Gasteiger partial charge in [-0.15, -0.1) is 0 Å². The monoisotopic (exact) mass is 427 g/mol. The van der Waals surface area contributed by atoms with Crippen molar-refractivity contribution >= 4 is 17.3 Å². The Bertz CT molecular complexity index is 1180. The maximum Gasteiger partial charge on any atom is 0.270 e. The van der Waals surface area contributed by atoms with Crippen LogP contribution in [0.1, 0.15) is 16.7 Å². The van der Waals surface area contributed by atoms with Crippen molar-refractivity contribution in [2.75, 3.05) is 39.3 Å². The van der Waals surface area contributed by atoms with Crippen molar-refractivity contribution in [3.8, 4) is 16.9 Å². The molecule has 6 heteroatoms. The summed E-state index contributed by atoms with van der Waals surface area (Å²) >= 11 is 0. The zero-order chi connectivity index (χ0) is 21.9. The van der Waals surface area contributed by atoms with Crippen molar-refractivity contribution in [3.63, 3.8) is 0 Å². The van der Waals surface area contributed by atoms with Crippen molar-refractivity contribution in [1.82, 2.24) is 10.2 Å². The van der Waals surface area contributed by atoms with Crippen molar-refractivity contribution in [1.29, 1.82) is 0 Å². The second kappa shape index (κ2) is 8.94. The van der Waals surface area contributed by atoms with Gasteiger partial charge in [0.05, 0.1) is 4.92 Å². The van der Waals surface area contributed by atoms with Crippen LogP contribution in [0.5, 0.6) is 5.75 Å². The van der Waals surface area contributed by atoms with Gasteiger partial charge < -0.3 is 10.1 Å². The van der Waals surface area contributed by atoms with E-state index in [0.717, 1.165) is 71.9 Å². The third-order valence-electron chi connectivity index (χ3n) is 6.11. The first-order valence-corrected chi connectivity index (χ1v) is 11.0. The summed E-state index contributed by atoms with van der Waals surface area (Å²) in [4.78, 5) is 13.5. The van der Waals surface area contributed by atoms with Gasteiger partial charge in [-0.25, -0.2) is 0 Å². The topological polar surface area (TPSA) is 67.6 Å². The number of benzene rings is 3. The van der Waals surface area contributed by atoms with Crippen LogP contribution in [0.15, 0.2) is 66.7 Å². The van der Waals surface area contributed by atoms with E-state index in [-0.39, 0.29) is 10.6 Å². The van der Waals surface area contributed by atoms with Gasteiger partial charge in [-0.3, -0.25) is 15.0 Å². The molecule has 0 radical (unpaired) electrons. The molecular formula is C26H25N3O3. The number of nitro groups is 1. The van der Waals surface area contributed by atoms with Gasteiger partial charge >= 0.3 is 0 Å². The molecule has 1 aliphatic carbocycles. The predicted molar refractivity (Wildman–Crippen MR) is 127 cm³/mol. The van der Waals surface area contributed by atoms with Crippen molar-refractivity contribution in [2.45, 2.75) is 0 Å². The molecule has 1 heterocycles. The van der Waals surface area contributed by atoms with Crippen LogP contribution in [-0.4, -0.2) is 49.2 Å². The molecule has 0 atom stereocenters. The molecule has 32 heavy (non-hydrogen) atoms. The maximum atomic E-state index is 11.4. The number of para-hydroxylation sites is 1. The Morgan fingerprint density at radius 2 is 1.66 bits per heavy atom. The highest BCUT2D eigenvalue weighted by molar-refractivity contribution is 6.07. The molecule has 162 valence electrons. The van der Waals surface area contributed by atoms with Crippen LogP contribution >= 0.6 is 0 Å². The standard InChI is InChI=1S/C26H25N3O3/c30-29(31)20-9-10-23-21-6-2-3-7-22(21)24(25(23)18-20)17-19-5-1-4-8-26(19)32-16-15-28-13-11-27-12-14-28/h1-10,17-18,27H,11-16H2. The van der Waals surface area contributed by atoms with E-state index >= 15 is 0 Å². The molecule has 0 spiro atoms. The summed E-state index contributed by atoms with van der Waals surface area (Å²) in [6.45, 7) is 5.65. The minimum absolute atomic E-state index is 0.100. The van der Waals surface area contributed by atoms with Crippen LogP contribution in [0, 0.1) is 10.1 Å². The van der Waals surface area contributed by atoms with E-state index in [2.05, 4.69) is 28.4 Å². The smallest absolute Gasteiger partial charge is 0.270 e. The zero-order valence-corrected chi connectivity index (χ0v) is 17.8. The van der Waals surface area contributed by atoms with Crippen LogP contribution in [-0.2, 0) is 0 Å². The fourth-order valence-electron chi connectivity index (χ4n) is 4.46. The van der Waals surface area contributed by atoms with Crippen molar-refractivity contribution in [2.24, 2.45) is 0 Å². The molecule has 1 fully saturated rings. The third kappa shape index (κ3) is 4.02. The van der Waals surface area contributed by atoms with Gasteiger partial charge in [-0.1, -0.05) is 42.5 Å². The van der Waals surface area contributed by atoms with E-state index in [1.807, 2.05) is 42.5 Å². The Morgan fingerprint density at radius 1 is 0.938 bits per heavy atom. The summed E-state index contributed by atoms with van der Waals surface area (Å²) in [7, 11) is 0. The van der Waals surface area contributed by atoms with Gasteiger partial charge in [-0.2, -0.15) is 0 Å². The second-order valence-electron chi connectivity index (χ2n) is 8.07. The average Bonchev–Trinajstić information content (AvgIpc) is 3.14. The van der Waals surface area contributed by atoms with Gasteiger partial charge in [0.15, 0.2) is 0 Å². The number of hydrogen-bond donors (Lipinski definition) is 1. The van der Waals surface area contributed by atoms with E-state index in [4.69, 9.17) is 4.74 Å². The van der Waals surface area contributed by atoms with Crippen LogP contribution in [0.4, 0.5) is 5.69 Å². The molecule has 1 aliphatic heterocycles. The number of nitrogens with zero attached hydrogens (tertiary/aromatic N) is 2. The number of nitro benzene ring substituents is 1. The summed E-state index contributed by atoms with van der Waals surface area (Å²) < 4.78 is 6.17. The van der Waals surface area contributed by atoms with Gasteiger partial charge in [0.1, 0.15) is 12.4 Å². The van der Waals surface area contributed by atoms with E-state index in [0.29, 0.717) is 6.61 Å². The summed E-state index contributed by atoms with van der Waals surface area (Å²) in [5.41, 5.74) is 6.14. The Labute approximate surface area is 187 Å². The van der Waals surface area contributed by atoms with Gasteiger partial charge in [0.25, 0.3) is 5.69 Å². The van der Waals surface area contributed by atoms with Crippen LogP contribution in [0.2, 0.25) is 0 Å². The fraction of sp³-hybridized carbons (Fsp3) is 0.231. The molecule has 1 saturated heterocycles. The highest BCUT2D eigenvalue weighted by Crippen LogP contribution is 2.46. The molecule has 5 rings (SSSR count). The quantitative estimate of drug-likeness (QED) is 0.364. The first kappa shape index (κ1) is 20.4. The van der Waals surface area contributed by atoms with Crippen LogP contribution in [0.25, 0.3) is 22.8 Å². The highest BCUT2D eigenvalue weighted by Gasteiger charge is 2.25. The lowest BCUT2D eigenvalue weighted by Crippen LogP contribution is -2.44. The maximum absolute atomic E-state index is 11.4. The summed E-state index contributed by atoms with van der Waals surface area (Å²) in [6, 6.07) is 21.2. The van der Waals surface area contributed by atoms with Crippen molar-refractivity contribution < 1.29 is 9.66 Å². The molecule has 2 aliphatic rings. The van der Waals surface area contributed by atoms with E-state index in [9.17, 15) is 10.1 Å². The first-order chi connectivity index (χ1) is 15.7. The summed E-state index contributed by atoms with van der Waals surface area (Å²) in [6.07, 6.45) is 2.09. The number of hydrogen-bond acceptors (Lipinski definition) is 5. The van der Waals surface area contributed by atoms with E-state index in [1.54, 1.807) is 12.1 Å². The Balaban J connectivity index is 1.47. The highest BCUT2D eigenvalue weighted by atomic mass is 16.6. The number of rotatable bonds is 6. The minimum atomic E-state index is -0.339. The predicted octanol–water partition coefficient (Wildman–Crippen LogP) is 4.45.